The van der Waals surface area contributed by atoms with Gasteiger partial charge in [0.25, 0.3) is 0 Å². The zero-order chi connectivity index (χ0) is 13.2. The Balaban J connectivity index is 1.85. The van der Waals surface area contributed by atoms with Crippen molar-refractivity contribution in [3.05, 3.63) is 0 Å². The molecule has 0 heterocycles. The fraction of sp³-hybridized carbons (Fsp3) is 1.00. The second kappa shape index (κ2) is 5.94. The van der Waals surface area contributed by atoms with Gasteiger partial charge in [0, 0.05) is 6.04 Å². The first kappa shape index (κ1) is 14.4. The van der Waals surface area contributed by atoms with Gasteiger partial charge in [0.05, 0.1) is 0 Å². The van der Waals surface area contributed by atoms with Gasteiger partial charge in [-0.3, -0.25) is 0 Å². The highest BCUT2D eigenvalue weighted by Crippen LogP contribution is 2.57. The molecule has 2 fully saturated rings. The number of fused-ring (bicyclic) bond motifs is 1. The van der Waals surface area contributed by atoms with Gasteiger partial charge in [-0.15, -0.1) is 0 Å². The van der Waals surface area contributed by atoms with E-state index in [0.717, 1.165) is 23.8 Å². The molecule has 0 aliphatic heterocycles. The molecule has 0 saturated heterocycles. The van der Waals surface area contributed by atoms with E-state index in [1.807, 2.05) is 0 Å². The van der Waals surface area contributed by atoms with Crippen LogP contribution in [-0.2, 0) is 0 Å². The van der Waals surface area contributed by atoms with Crippen LogP contribution < -0.4 is 5.32 Å². The van der Waals surface area contributed by atoms with E-state index in [-0.39, 0.29) is 0 Å². The Morgan fingerprint density at radius 3 is 2.22 bits per heavy atom. The minimum atomic E-state index is 0.492. The third-order valence-corrected chi connectivity index (χ3v) is 5.05. The van der Waals surface area contributed by atoms with Gasteiger partial charge in [0.1, 0.15) is 0 Å². The highest BCUT2D eigenvalue weighted by Gasteiger charge is 2.53. The van der Waals surface area contributed by atoms with Crippen molar-refractivity contribution >= 4 is 0 Å². The van der Waals surface area contributed by atoms with Crippen LogP contribution in [0, 0.1) is 23.2 Å². The van der Waals surface area contributed by atoms with Crippen molar-refractivity contribution < 1.29 is 0 Å². The van der Waals surface area contributed by atoms with E-state index in [9.17, 15) is 0 Å². The zero-order valence-electron chi connectivity index (χ0n) is 13.0. The average Bonchev–Trinajstić information content (AvgIpc) is 3.02. The van der Waals surface area contributed by atoms with E-state index >= 15 is 0 Å². The largest absolute Gasteiger partial charge is 0.314 e. The lowest BCUT2D eigenvalue weighted by Gasteiger charge is -2.24. The summed E-state index contributed by atoms with van der Waals surface area (Å²) in [6, 6.07) is 0.817. The first-order valence-corrected chi connectivity index (χ1v) is 8.26. The lowest BCUT2D eigenvalue weighted by molar-refractivity contribution is 0.307. The molecule has 0 radical (unpaired) electrons. The Labute approximate surface area is 114 Å². The molecular formula is C17H33N. The molecule has 0 bridgehead atoms. The van der Waals surface area contributed by atoms with Crippen molar-refractivity contribution in [2.75, 3.05) is 6.54 Å². The molecule has 0 aromatic heterocycles. The minimum Gasteiger partial charge on any atom is -0.314 e. The summed E-state index contributed by atoms with van der Waals surface area (Å²) in [5, 5.41) is 3.86. The molecule has 18 heavy (non-hydrogen) atoms. The number of rotatable bonds is 6. The molecule has 2 rings (SSSR count). The number of hydrogen-bond donors (Lipinski definition) is 1. The first-order chi connectivity index (χ1) is 8.53. The van der Waals surface area contributed by atoms with Crippen molar-refractivity contribution in [3.63, 3.8) is 0 Å². The highest BCUT2D eigenvalue weighted by atomic mass is 14.9. The average molecular weight is 251 g/mol. The van der Waals surface area contributed by atoms with E-state index in [0.29, 0.717) is 5.41 Å². The third-order valence-electron chi connectivity index (χ3n) is 5.05. The van der Waals surface area contributed by atoms with Crippen LogP contribution in [0.1, 0.15) is 72.6 Å². The maximum Gasteiger partial charge on any atom is 0.0101 e. The van der Waals surface area contributed by atoms with Crippen LogP contribution in [0.15, 0.2) is 0 Å². The molecule has 1 heteroatoms. The van der Waals surface area contributed by atoms with E-state index in [4.69, 9.17) is 0 Å². The highest BCUT2D eigenvalue weighted by molar-refractivity contribution is 5.04. The van der Waals surface area contributed by atoms with Crippen molar-refractivity contribution in [3.8, 4) is 0 Å². The van der Waals surface area contributed by atoms with Gasteiger partial charge in [0.15, 0.2) is 0 Å². The Morgan fingerprint density at radius 2 is 1.72 bits per heavy atom. The second-order valence-electron chi connectivity index (χ2n) is 7.85. The fourth-order valence-electron chi connectivity index (χ4n) is 3.99. The lowest BCUT2D eigenvalue weighted by atomic mass is 9.87. The second-order valence-corrected chi connectivity index (χ2v) is 7.85. The molecule has 106 valence electrons. The van der Waals surface area contributed by atoms with E-state index < -0.39 is 0 Å². The summed E-state index contributed by atoms with van der Waals surface area (Å²) in [6.07, 6.45) is 10.1. The van der Waals surface area contributed by atoms with E-state index in [2.05, 4.69) is 33.0 Å². The molecule has 1 nitrogen and oxygen atoms in total. The normalized spacial score (nSPS) is 33.0. The summed E-state index contributed by atoms with van der Waals surface area (Å²) < 4.78 is 0. The van der Waals surface area contributed by atoms with Gasteiger partial charge in [-0.05, 0) is 61.8 Å². The first-order valence-electron chi connectivity index (χ1n) is 8.26. The van der Waals surface area contributed by atoms with E-state index in [1.54, 1.807) is 0 Å². The van der Waals surface area contributed by atoms with Crippen molar-refractivity contribution in [1.29, 1.82) is 0 Å². The molecule has 0 aromatic rings. The minimum absolute atomic E-state index is 0.492. The maximum absolute atomic E-state index is 3.86. The van der Waals surface area contributed by atoms with Gasteiger partial charge in [-0.2, -0.15) is 0 Å². The molecule has 2 aliphatic rings. The van der Waals surface area contributed by atoms with Crippen molar-refractivity contribution in [2.45, 2.75) is 78.7 Å². The smallest absolute Gasteiger partial charge is 0.0101 e. The molecule has 0 amide bonds. The number of hydrogen-bond acceptors (Lipinski definition) is 1. The summed E-state index contributed by atoms with van der Waals surface area (Å²) in [5.41, 5.74) is 0.492. The van der Waals surface area contributed by atoms with Crippen LogP contribution in [0.5, 0.6) is 0 Å². The van der Waals surface area contributed by atoms with Gasteiger partial charge >= 0.3 is 0 Å². The van der Waals surface area contributed by atoms with Gasteiger partial charge in [0.2, 0.25) is 0 Å². The monoisotopic (exact) mass is 251 g/mol. The molecule has 3 atom stereocenters. The van der Waals surface area contributed by atoms with Crippen LogP contribution in [-0.4, -0.2) is 12.6 Å². The zero-order valence-corrected chi connectivity index (χ0v) is 13.0. The Bertz CT molecular complexity index is 241. The molecular weight excluding hydrogens is 218 g/mol. The van der Waals surface area contributed by atoms with Crippen LogP contribution in [0.4, 0.5) is 0 Å². The maximum atomic E-state index is 3.86. The molecule has 0 aromatic carbocycles. The van der Waals surface area contributed by atoms with Gasteiger partial charge in [-0.1, -0.05) is 40.5 Å². The summed E-state index contributed by atoms with van der Waals surface area (Å²) in [6.45, 7) is 10.6. The SMILES string of the molecule is CCCNC(CCC(C)(C)C)C1C2CCCCC21. The third kappa shape index (κ3) is 3.73. The van der Waals surface area contributed by atoms with Gasteiger partial charge < -0.3 is 5.32 Å². The molecule has 2 saturated carbocycles. The van der Waals surface area contributed by atoms with Crippen LogP contribution in [0.2, 0.25) is 0 Å². The standard InChI is InChI=1S/C17H33N/c1-5-12-18-15(10-11-17(2,3)4)16-13-8-6-7-9-14(13)16/h13-16,18H,5-12H2,1-4H3. The van der Waals surface area contributed by atoms with Crippen molar-refractivity contribution in [1.82, 2.24) is 5.32 Å². The summed E-state index contributed by atoms with van der Waals surface area (Å²) >= 11 is 0. The molecule has 2 aliphatic carbocycles. The fourth-order valence-corrected chi connectivity index (χ4v) is 3.99. The summed E-state index contributed by atoms with van der Waals surface area (Å²) in [4.78, 5) is 0. The summed E-state index contributed by atoms with van der Waals surface area (Å²) in [7, 11) is 0. The molecule has 3 unspecified atom stereocenters. The predicted octanol–water partition coefficient (Wildman–Crippen LogP) is 4.62. The van der Waals surface area contributed by atoms with E-state index in [1.165, 1.54) is 51.5 Å². The Kier molecular flexibility index (Phi) is 4.75. The van der Waals surface area contributed by atoms with Crippen LogP contribution >= 0.6 is 0 Å². The molecule has 1 N–H and O–H groups in total. The summed E-state index contributed by atoms with van der Waals surface area (Å²) in [5.74, 6) is 3.21. The van der Waals surface area contributed by atoms with Crippen LogP contribution in [0.25, 0.3) is 0 Å². The molecule has 0 spiro atoms. The van der Waals surface area contributed by atoms with Crippen molar-refractivity contribution in [2.24, 2.45) is 23.2 Å². The lowest BCUT2D eigenvalue weighted by Crippen LogP contribution is -2.33. The van der Waals surface area contributed by atoms with Gasteiger partial charge in [-0.25, -0.2) is 0 Å². The topological polar surface area (TPSA) is 12.0 Å². The number of nitrogens with one attached hydrogen (secondary N) is 1. The van der Waals surface area contributed by atoms with Crippen LogP contribution in [0.3, 0.4) is 0 Å². The Hall–Kier alpha value is -0.0400. The predicted molar refractivity (Wildman–Crippen MR) is 79.7 cm³/mol. The Morgan fingerprint density at radius 1 is 1.11 bits per heavy atom. The quantitative estimate of drug-likeness (QED) is 0.726.